The van der Waals surface area contributed by atoms with Gasteiger partial charge in [0.2, 0.25) is 0 Å². The lowest BCUT2D eigenvalue weighted by Crippen LogP contribution is -2.48. The second kappa shape index (κ2) is 7.04. The van der Waals surface area contributed by atoms with Crippen LogP contribution in [-0.2, 0) is 22.5 Å². The monoisotopic (exact) mass is 405 g/mol. The Morgan fingerprint density at radius 3 is 2.34 bits per heavy atom. The minimum absolute atomic E-state index is 0.0447. The summed E-state index contributed by atoms with van der Waals surface area (Å²) in [7, 11) is 0. The maximum atomic E-state index is 12.9. The number of rotatable bonds is 3. The van der Waals surface area contributed by atoms with Gasteiger partial charge < -0.3 is 9.84 Å². The van der Waals surface area contributed by atoms with Gasteiger partial charge in [-0.15, -0.1) is 11.3 Å². The molecule has 0 radical (unpaired) electrons. The van der Waals surface area contributed by atoms with Crippen molar-refractivity contribution in [3.05, 3.63) is 81.5 Å². The quantitative estimate of drug-likeness (QED) is 0.696. The first kappa shape index (κ1) is 17.9. The van der Waals surface area contributed by atoms with Crippen molar-refractivity contribution in [1.82, 2.24) is 4.90 Å². The van der Waals surface area contributed by atoms with E-state index in [1.807, 2.05) is 35.7 Å². The Morgan fingerprint density at radius 1 is 1.03 bits per heavy atom. The van der Waals surface area contributed by atoms with Crippen LogP contribution in [0, 0.1) is 0 Å². The number of aliphatic carboxylic acids is 1. The van der Waals surface area contributed by atoms with E-state index >= 15 is 0 Å². The summed E-state index contributed by atoms with van der Waals surface area (Å²) in [4.78, 5) is 27.0. The van der Waals surface area contributed by atoms with Crippen molar-refractivity contribution in [2.24, 2.45) is 0 Å². The molecule has 6 heteroatoms. The van der Waals surface area contributed by atoms with Crippen molar-refractivity contribution in [2.45, 2.75) is 24.9 Å². The summed E-state index contributed by atoms with van der Waals surface area (Å²) in [5.41, 5.74) is 5.60. The summed E-state index contributed by atoms with van der Waals surface area (Å²) in [5.74, 6) is -1.05. The number of thiophene rings is 1. The van der Waals surface area contributed by atoms with E-state index in [-0.39, 0.29) is 19.1 Å². The van der Waals surface area contributed by atoms with E-state index in [4.69, 9.17) is 4.74 Å². The van der Waals surface area contributed by atoms with Gasteiger partial charge in [-0.1, -0.05) is 48.5 Å². The number of nitrogens with zero attached hydrogens (tertiary/aromatic N) is 1. The fourth-order valence-electron chi connectivity index (χ4n) is 4.36. The van der Waals surface area contributed by atoms with Gasteiger partial charge in [-0.2, -0.15) is 0 Å². The van der Waals surface area contributed by atoms with Crippen LogP contribution >= 0.6 is 11.3 Å². The molecule has 2 aliphatic rings. The van der Waals surface area contributed by atoms with E-state index < -0.39 is 18.1 Å². The fraction of sp³-hybridized carbons (Fsp3) is 0.217. The number of hydrogen-bond acceptors (Lipinski definition) is 4. The van der Waals surface area contributed by atoms with Crippen molar-refractivity contribution in [2.75, 3.05) is 6.61 Å². The van der Waals surface area contributed by atoms with Crippen LogP contribution < -0.4 is 0 Å². The van der Waals surface area contributed by atoms with Crippen LogP contribution in [0.4, 0.5) is 4.79 Å². The van der Waals surface area contributed by atoms with Gasteiger partial charge in [0.1, 0.15) is 12.6 Å². The molecule has 0 saturated heterocycles. The molecule has 0 spiro atoms. The van der Waals surface area contributed by atoms with E-state index in [0.717, 1.165) is 32.7 Å². The largest absolute Gasteiger partial charge is 0.480 e. The lowest BCUT2D eigenvalue weighted by atomic mass is 9.98. The zero-order chi connectivity index (χ0) is 20.0. The molecule has 146 valence electrons. The predicted octanol–water partition coefficient (Wildman–Crippen LogP) is 4.51. The van der Waals surface area contributed by atoms with Crippen LogP contribution in [0.25, 0.3) is 11.1 Å². The Morgan fingerprint density at radius 2 is 1.69 bits per heavy atom. The Bertz CT molecular complexity index is 1060. The number of carbonyl (C=O) groups is 2. The first-order valence-corrected chi connectivity index (χ1v) is 10.4. The summed E-state index contributed by atoms with van der Waals surface area (Å²) in [6.45, 7) is 0.466. The number of ether oxygens (including phenoxy) is 1. The van der Waals surface area contributed by atoms with Gasteiger partial charge >= 0.3 is 12.1 Å². The number of amides is 1. The van der Waals surface area contributed by atoms with E-state index in [1.54, 1.807) is 11.3 Å². The van der Waals surface area contributed by atoms with Crippen LogP contribution in [0.1, 0.15) is 27.5 Å². The van der Waals surface area contributed by atoms with Crippen LogP contribution in [0.2, 0.25) is 0 Å². The molecule has 2 aromatic carbocycles. The van der Waals surface area contributed by atoms with Gasteiger partial charge in [0.15, 0.2) is 0 Å². The topological polar surface area (TPSA) is 66.8 Å². The maximum absolute atomic E-state index is 12.9. The molecule has 1 aliphatic heterocycles. The first-order chi connectivity index (χ1) is 14.1. The molecule has 5 nitrogen and oxygen atoms in total. The molecule has 0 bridgehead atoms. The molecule has 3 aromatic rings. The van der Waals surface area contributed by atoms with Crippen molar-refractivity contribution in [3.8, 4) is 11.1 Å². The minimum atomic E-state index is -1.00. The van der Waals surface area contributed by atoms with Crippen molar-refractivity contribution in [3.63, 3.8) is 0 Å². The van der Waals surface area contributed by atoms with Crippen molar-refractivity contribution >= 4 is 23.4 Å². The smallest absolute Gasteiger partial charge is 0.410 e. The van der Waals surface area contributed by atoms with Gasteiger partial charge in [-0.3, -0.25) is 4.90 Å². The lowest BCUT2D eigenvalue weighted by Gasteiger charge is -2.32. The van der Waals surface area contributed by atoms with Gasteiger partial charge in [0, 0.05) is 17.2 Å². The number of hydrogen-bond donors (Lipinski definition) is 1. The first-order valence-electron chi connectivity index (χ1n) is 9.53. The van der Waals surface area contributed by atoms with Crippen molar-refractivity contribution in [1.29, 1.82) is 0 Å². The van der Waals surface area contributed by atoms with Crippen LogP contribution in [-0.4, -0.2) is 34.7 Å². The summed E-state index contributed by atoms with van der Waals surface area (Å²) < 4.78 is 5.68. The van der Waals surface area contributed by atoms with E-state index in [9.17, 15) is 14.7 Å². The third-order valence-electron chi connectivity index (χ3n) is 5.80. The Hall–Kier alpha value is -3.12. The highest BCUT2D eigenvalue weighted by atomic mass is 32.1. The molecule has 1 unspecified atom stereocenters. The highest BCUT2D eigenvalue weighted by Crippen LogP contribution is 2.44. The molecular weight excluding hydrogens is 386 g/mol. The Balaban J connectivity index is 1.38. The fourth-order valence-corrected chi connectivity index (χ4v) is 5.27. The van der Waals surface area contributed by atoms with E-state index in [0.29, 0.717) is 6.42 Å². The third kappa shape index (κ3) is 3.00. The highest BCUT2D eigenvalue weighted by molar-refractivity contribution is 7.10. The molecule has 1 aromatic heterocycles. The van der Waals surface area contributed by atoms with E-state index in [1.165, 1.54) is 4.90 Å². The number of carboxylic acid groups (broad SMARTS) is 1. The molecule has 0 saturated carbocycles. The Labute approximate surface area is 172 Å². The van der Waals surface area contributed by atoms with Crippen LogP contribution in [0.3, 0.4) is 0 Å². The number of fused-ring (bicyclic) bond motifs is 4. The summed E-state index contributed by atoms with van der Waals surface area (Å²) in [6.07, 6.45) is -0.253. The second-order valence-corrected chi connectivity index (χ2v) is 8.36. The Kier molecular flexibility index (Phi) is 4.36. The standard InChI is InChI=1S/C23H19NO4S/c25-22(26)20-11-14-9-10-29-21(14)12-24(20)23(27)28-13-19-17-7-3-1-5-15(17)16-6-2-4-8-18(16)19/h1-10,19-20H,11-13H2,(H,25,26). The van der Waals surface area contributed by atoms with Crippen molar-refractivity contribution < 1.29 is 19.4 Å². The summed E-state index contributed by atoms with van der Waals surface area (Å²) in [5, 5.41) is 11.5. The average Bonchev–Trinajstić information content (AvgIpc) is 3.33. The second-order valence-electron chi connectivity index (χ2n) is 7.36. The number of carbonyl (C=O) groups excluding carboxylic acids is 1. The normalized spacial score (nSPS) is 17.4. The SMILES string of the molecule is O=C(O)C1Cc2ccsc2CN1C(=O)OCC1c2ccccc2-c2ccccc21. The maximum Gasteiger partial charge on any atom is 0.410 e. The van der Waals surface area contributed by atoms with Gasteiger partial charge in [0.05, 0.1) is 6.54 Å². The third-order valence-corrected chi connectivity index (χ3v) is 6.74. The number of carboxylic acids is 1. The molecule has 1 aliphatic carbocycles. The average molecular weight is 405 g/mol. The van der Waals surface area contributed by atoms with Gasteiger partial charge in [0.25, 0.3) is 0 Å². The van der Waals surface area contributed by atoms with Crippen LogP contribution in [0.5, 0.6) is 0 Å². The molecule has 2 heterocycles. The zero-order valence-electron chi connectivity index (χ0n) is 15.6. The van der Waals surface area contributed by atoms with Crippen LogP contribution in [0.15, 0.2) is 60.0 Å². The number of benzene rings is 2. The summed E-state index contributed by atoms with van der Waals surface area (Å²) in [6, 6.07) is 17.3. The molecule has 1 amide bonds. The van der Waals surface area contributed by atoms with Gasteiger partial charge in [-0.05, 0) is 39.3 Å². The predicted molar refractivity (Wildman–Crippen MR) is 110 cm³/mol. The highest BCUT2D eigenvalue weighted by Gasteiger charge is 2.37. The van der Waals surface area contributed by atoms with E-state index in [2.05, 4.69) is 24.3 Å². The molecule has 5 rings (SSSR count). The minimum Gasteiger partial charge on any atom is -0.480 e. The molecule has 0 fully saturated rings. The molecule has 1 atom stereocenters. The molecule has 1 N–H and O–H groups in total. The molecule has 29 heavy (non-hydrogen) atoms. The van der Waals surface area contributed by atoms with Gasteiger partial charge in [-0.25, -0.2) is 9.59 Å². The lowest BCUT2D eigenvalue weighted by molar-refractivity contribution is -0.143. The summed E-state index contributed by atoms with van der Waals surface area (Å²) >= 11 is 1.54. The zero-order valence-corrected chi connectivity index (χ0v) is 16.4. The molecular formula is C23H19NO4S.